The second kappa shape index (κ2) is 22.2. The fraction of sp³-hybridized carbons (Fsp3) is 0.913. The van der Waals surface area contributed by atoms with Crippen molar-refractivity contribution < 1.29 is 14.7 Å². The van der Waals surface area contributed by atoms with Crippen LogP contribution >= 0.6 is 0 Å². The molecule has 0 aliphatic carbocycles. The molecule has 0 saturated heterocycles. The first-order valence-electron chi connectivity index (χ1n) is 11.5. The highest BCUT2D eigenvalue weighted by molar-refractivity contribution is 5.73. The van der Waals surface area contributed by atoms with Gasteiger partial charge in [-0.05, 0) is 26.9 Å². The molecule has 1 unspecified atom stereocenters. The van der Waals surface area contributed by atoms with E-state index in [2.05, 4.69) is 6.92 Å². The molecule has 1 amide bonds. The average Bonchev–Trinajstić information content (AvgIpc) is 2.63. The van der Waals surface area contributed by atoms with Crippen molar-refractivity contribution >= 4 is 11.9 Å². The highest BCUT2D eigenvalue weighted by atomic mass is 16.4. The molecule has 0 heterocycles. The largest absolute Gasteiger partial charge is 0.480 e. The standard InChI is InChI=1S/C16H33NO.C7H15NO2/c1-2-3-4-5-6-7-8-9-10-11-12-13-14-15-16(17)18;1-4-5-6(7(9)10)8(2)3/h2-15H2,1H3,(H2,17,18);6H,4-5H2,1-3H3,(H,9,10). The van der Waals surface area contributed by atoms with E-state index in [-0.39, 0.29) is 11.9 Å². The Morgan fingerprint density at radius 3 is 1.39 bits per heavy atom. The smallest absolute Gasteiger partial charge is 0.320 e. The molecule has 0 aromatic rings. The molecular weight excluding hydrogens is 352 g/mol. The number of nitrogens with zero attached hydrogens (tertiary/aromatic N) is 1. The van der Waals surface area contributed by atoms with Gasteiger partial charge >= 0.3 is 5.97 Å². The van der Waals surface area contributed by atoms with Crippen LogP contribution < -0.4 is 5.73 Å². The Bertz CT molecular complexity index is 360. The van der Waals surface area contributed by atoms with E-state index in [4.69, 9.17) is 10.8 Å². The predicted molar refractivity (Wildman–Crippen MR) is 120 cm³/mol. The number of hydrogen-bond donors (Lipinski definition) is 2. The Labute approximate surface area is 174 Å². The van der Waals surface area contributed by atoms with Crippen LogP contribution in [0.4, 0.5) is 0 Å². The Morgan fingerprint density at radius 1 is 0.750 bits per heavy atom. The lowest BCUT2D eigenvalue weighted by atomic mass is 10.0. The average molecular weight is 401 g/mol. The van der Waals surface area contributed by atoms with Crippen LogP contribution in [0.25, 0.3) is 0 Å². The quantitative estimate of drug-likeness (QED) is 0.287. The van der Waals surface area contributed by atoms with Crippen molar-refractivity contribution in [1.29, 1.82) is 0 Å². The topological polar surface area (TPSA) is 83.6 Å². The van der Waals surface area contributed by atoms with Gasteiger partial charge in [0.2, 0.25) is 5.91 Å². The van der Waals surface area contributed by atoms with Gasteiger partial charge in [-0.3, -0.25) is 14.5 Å². The minimum absolute atomic E-state index is 0.155. The number of primary amides is 1. The third kappa shape index (κ3) is 22.9. The van der Waals surface area contributed by atoms with Gasteiger partial charge in [-0.2, -0.15) is 0 Å². The van der Waals surface area contributed by atoms with E-state index in [9.17, 15) is 9.59 Å². The first-order chi connectivity index (χ1) is 13.4. The highest BCUT2D eigenvalue weighted by Crippen LogP contribution is 2.12. The Balaban J connectivity index is 0. The minimum Gasteiger partial charge on any atom is -0.480 e. The molecule has 0 saturated carbocycles. The van der Waals surface area contributed by atoms with Crippen molar-refractivity contribution in [2.75, 3.05) is 14.1 Å². The SMILES string of the molecule is CCCC(C(=O)O)N(C)C.CCCCCCCCCCCCCCCC(N)=O. The molecular formula is C23H48N2O3. The summed E-state index contributed by atoms with van der Waals surface area (Å²) in [5.74, 6) is -0.884. The van der Waals surface area contributed by atoms with E-state index < -0.39 is 5.97 Å². The molecule has 5 heteroatoms. The zero-order valence-electron chi connectivity index (χ0n) is 19.2. The van der Waals surface area contributed by atoms with Gasteiger partial charge in [-0.15, -0.1) is 0 Å². The number of carboxylic acid groups (broad SMARTS) is 1. The maximum Gasteiger partial charge on any atom is 0.320 e. The third-order valence-electron chi connectivity index (χ3n) is 5.00. The fourth-order valence-electron chi connectivity index (χ4n) is 3.19. The van der Waals surface area contributed by atoms with Crippen LogP contribution in [0.15, 0.2) is 0 Å². The molecule has 0 bridgehead atoms. The van der Waals surface area contributed by atoms with Crippen LogP contribution in [0.3, 0.4) is 0 Å². The molecule has 0 aromatic carbocycles. The monoisotopic (exact) mass is 400 g/mol. The summed E-state index contributed by atoms with van der Waals surface area (Å²) in [5, 5.41) is 8.63. The van der Waals surface area contributed by atoms with E-state index in [0.29, 0.717) is 6.42 Å². The first-order valence-corrected chi connectivity index (χ1v) is 11.5. The molecule has 0 spiro atoms. The molecule has 0 aliphatic heterocycles. The Kier molecular flexibility index (Phi) is 23.1. The summed E-state index contributed by atoms with van der Waals surface area (Å²) in [4.78, 5) is 22.7. The van der Waals surface area contributed by atoms with Crippen LogP contribution in [0.5, 0.6) is 0 Å². The maximum absolute atomic E-state index is 10.5. The van der Waals surface area contributed by atoms with Crippen molar-refractivity contribution in [2.45, 2.75) is 123 Å². The molecule has 0 fully saturated rings. The van der Waals surface area contributed by atoms with Crippen LogP contribution in [0.1, 0.15) is 117 Å². The van der Waals surface area contributed by atoms with Crippen molar-refractivity contribution in [3.63, 3.8) is 0 Å². The van der Waals surface area contributed by atoms with Crippen LogP contribution in [0.2, 0.25) is 0 Å². The van der Waals surface area contributed by atoms with Crippen LogP contribution in [0, 0.1) is 0 Å². The lowest BCUT2D eigenvalue weighted by molar-refractivity contribution is -0.142. The third-order valence-corrected chi connectivity index (χ3v) is 5.00. The number of rotatable bonds is 18. The summed E-state index contributed by atoms with van der Waals surface area (Å²) in [6.07, 6.45) is 19.6. The van der Waals surface area contributed by atoms with Gasteiger partial charge in [-0.1, -0.05) is 97.3 Å². The summed E-state index contributed by atoms with van der Waals surface area (Å²) in [6, 6.07) is -0.315. The van der Waals surface area contributed by atoms with Gasteiger partial charge in [0.05, 0.1) is 0 Å². The molecule has 168 valence electrons. The first kappa shape index (κ1) is 29.1. The number of carbonyl (C=O) groups excluding carboxylic acids is 1. The number of aliphatic carboxylic acids is 1. The van der Waals surface area contributed by atoms with Gasteiger partial charge in [0.1, 0.15) is 6.04 Å². The zero-order chi connectivity index (χ0) is 21.6. The Hall–Kier alpha value is -1.10. The summed E-state index contributed by atoms with van der Waals surface area (Å²) in [6.45, 7) is 4.25. The normalized spacial score (nSPS) is 11.8. The van der Waals surface area contributed by atoms with Gasteiger partial charge in [-0.25, -0.2) is 0 Å². The van der Waals surface area contributed by atoms with Crippen molar-refractivity contribution in [1.82, 2.24) is 4.90 Å². The predicted octanol–water partition coefficient (Wildman–Crippen LogP) is 5.75. The molecule has 5 nitrogen and oxygen atoms in total. The number of nitrogens with two attached hydrogens (primary N) is 1. The van der Waals surface area contributed by atoms with E-state index in [1.165, 1.54) is 77.0 Å². The fourth-order valence-corrected chi connectivity index (χ4v) is 3.19. The molecule has 0 radical (unpaired) electrons. The van der Waals surface area contributed by atoms with Gasteiger partial charge in [0.25, 0.3) is 0 Å². The molecule has 3 N–H and O–H groups in total. The molecule has 28 heavy (non-hydrogen) atoms. The number of hydrogen-bond acceptors (Lipinski definition) is 3. The second-order valence-corrected chi connectivity index (χ2v) is 8.07. The van der Waals surface area contributed by atoms with Crippen molar-refractivity contribution in [2.24, 2.45) is 5.73 Å². The van der Waals surface area contributed by atoms with Crippen LogP contribution in [-0.2, 0) is 9.59 Å². The lowest BCUT2D eigenvalue weighted by Crippen LogP contribution is -2.35. The number of carboxylic acids is 1. The van der Waals surface area contributed by atoms with Crippen molar-refractivity contribution in [3.8, 4) is 0 Å². The molecule has 0 aliphatic rings. The van der Waals surface area contributed by atoms with E-state index in [0.717, 1.165) is 19.3 Å². The number of amides is 1. The number of unbranched alkanes of at least 4 members (excludes halogenated alkanes) is 12. The van der Waals surface area contributed by atoms with E-state index in [1.54, 1.807) is 19.0 Å². The van der Waals surface area contributed by atoms with Crippen molar-refractivity contribution in [3.05, 3.63) is 0 Å². The zero-order valence-corrected chi connectivity index (χ0v) is 19.2. The van der Waals surface area contributed by atoms with Gasteiger partial charge in [0, 0.05) is 6.42 Å². The number of carbonyl (C=O) groups is 2. The highest BCUT2D eigenvalue weighted by Gasteiger charge is 2.17. The second-order valence-electron chi connectivity index (χ2n) is 8.07. The molecule has 1 atom stereocenters. The minimum atomic E-state index is -0.730. The summed E-state index contributed by atoms with van der Waals surface area (Å²) >= 11 is 0. The molecule has 0 aromatic heterocycles. The number of likely N-dealkylation sites (N-methyl/N-ethyl adjacent to an activating group) is 1. The Morgan fingerprint density at radius 2 is 1.14 bits per heavy atom. The summed E-state index contributed by atoms with van der Waals surface area (Å²) < 4.78 is 0. The van der Waals surface area contributed by atoms with Crippen LogP contribution in [-0.4, -0.2) is 42.0 Å². The van der Waals surface area contributed by atoms with E-state index in [1.807, 2.05) is 6.92 Å². The van der Waals surface area contributed by atoms with Gasteiger partial charge in [0.15, 0.2) is 0 Å². The lowest BCUT2D eigenvalue weighted by Gasteiger charge is -2.18. The van der Waals surface area contributed by atoms with E-state index >= 15 is 0 Å². The summed E-state index contributed by atoms with van der Waals surface area (Å²) in [7, 11) is 3.57. The van der Waals surface area contributed by atoms with Gasteiger partial charge < -0.3 is 10.8 Å². The molecule has 0 rings (SSSR count). The maximum atomic E-state index is 10.5. The summed E-state index contributed by atoms with van der Waals surface area (Å²) in [5.41, 5.74) is 5.09.